The van der Waals surface area contributed by atoms with E-state index in [-0.39, 0.29) is 5.92 Å². The van der Waals surface area contributed by atoms with Crippen molar-refractivity contribution in [1.29, 1.82) is 0 Å². The molecular formula is C20H32OSi. The van der Waals surface area contributed by atoms with Crippen LogP contribution in [-0.4, -0.2) is 13.2 Å². The monoisotopic (exact) mass is 316 g/mol. The van der Waals surface area contributed by atoms with E-state index in [4.69, 9.17) is 0 Å². The third kappa shape index (κ3) is 5.58. The zero-order chi connectivity index (χ0) is 16.6. The maximum absolute atomic E-state index is 11.5. The molecule has 0 saturated heterocycles. The van der Waals surface area contributed by atoms with Gasteiger partial charge >= 0.3 is 0 Å². The van der Waals surface area contributed by atoms with Crippen LogP contribution in [-0.2, 0) is 5.60 Å². The lowest BCUT2D eigenvalue weighted by Gasteiger charge is -2.33. The molecule has 0 aliphatic rings. The molecule has 0 aliphatic heterocycles. The summed E-state index contributed by atoms with van der Waals surface area (Å²) in [5.74, 6) is 0.0500. The van der Waals surface area contributed by atoms with E-state index in [0.717, 1.165) is 18.4 Å². The first-order valence-electron chi connectivity index (χ1n) is 8.44. The molecule has 0 amide bonds. The molecule has 0 radical (unpaired) electrons. The van der Waals surface area contributed by atoms with Crippen LogP contribution in [0.5, 0.6) is 0 Å². The van der Waals surface area contributed by atoms with Crippen LogP contribution in [0.3, 0.4) is 0 Å². The van der Waals surface area contributed by atoms with Crippen molar-refractivity contribution in [2.24, 2.45) is 5.92 Å². The summed E-state index contributed by atoms with van der Waals surface area (Å²) in [6.45, 7) is 13.1. The standard InChI is InChI=1S/C20H32OSi/c1-6-8-10-13-18(7-2)20(21,16-17-22(3,4)5)19-14-11-9-12-15-19/h7,9,11-12,14-18,21H,2,6,8,10,13H2,1,3-5H3/b17-16+/t18?,20-/m0/s1. The molecule has 22 heavy (non-hydrogen) atoms. The van der Waals surface area contributed by atoms with E-state index in [2.05, 4.69) is 38.8 Å². The predicted octanol–water partition coefficient (Wildman–Crippen LogP) is 5.69. The van der Waals surface area contributed by atoms with Gasteiger partial charge in [0.2, 0.25) is 0 Å². The number of hydrogen-bond donors (Lipinski definition) is 1. The van der Waals surface area contributed by atoms with Crippen molar-refractivity contribution in [2.75, 3.05) is 0 Å². The van der Waals surface area contributed by atoms with Crippen LogP contribution in [0.4, 0.5) is 0 Å². The van der Waals surface area contributed by atoms with Gasteiger partial charge in [0, 0.05) is 5.92 Å². The third-order valence-electron chi connectivity index (χ3n) is 4.04. The Morgan fingerprint density at radius 3 is 2.32 bits per heavy atom. The van der Waals surface area contributed by atoms with Gasteiger partial charge in [-0.1, -0.05) is 94.0 Å². The molecule has 0 aromatic heterocycles. The van der Waals surface area contributed by atoms with Crippen molar-refractivity contribution in [3.63, 3.8) is 0 Å². The third-order valence-corrected chi connectivity index (χ3v) is 5.21. The highest BCUT2D eigenvalue weighted by Crippen LogP contribution is 2.36. The van der Waals surface area contributed by atoms with E-state index < -0.39 is 13.7 Å². The highest BCUT2D eigenvalue weighted by Gasteiger charge is 2.34. The molecule has 1 aromatic rings. The molecule has 122 valence electrons. The lowest BCUT2D eigenvalue weighted by atomic mass is 9.78. The number of hydrogen-bond acceptors (Lipinski definition) is 1. The summed E-state index contributed by atoms with van der Waals surface area (Å²) in [5.41, 5.74) is 2.26. The lowest BCUT2D eigenvalue weighted by molar-refractivity contribution is 0.0401. The highest BCUT2D eigenvalue weighted by molar-refractivity contribution is 6.80. The van der Waals surface area contributed by atoms with Gasteiger partial charge in [-0.2, -0.15) is 0 Å². The van der Waals surface area contributed by atoms with Gasteiger partial charge in [-0.3, -0.25) is 0 Å². The van der Waals surface area contributed by atoms with Crippen LogP contribution in [0.15, 0.2) is 54.8 Å². The normalized spacial score (nSPS) is 16.4. The first-order valence-corrected chi connectivity index (χ1v) is 12.0. The van der Waals surface area contributed by atoms with Crippen LogP contribution in [0, 0.1) is 5.92 Å². The minimum absolute atomic E-state index is 0.0500. The molecule has 1 nitrogen and oxygen atoms in total. The molecule has 2 atom stereocenters. The van der Waals surface area contributed by atoms with Crippen LogP contribution < -0.4 is 0 Å². The molecule has 0 aliphatic carbocycles. The maximum Gasteiger partial charge on any atom is 0.114 e. The molecule has 0 saturated carbocycles. The Hall–Kier alpha value is -1.12. The smallest absolute Gasteiger partial charge is 0.114 e. The van der Waals surface area contributed by atoms with E-state index in [0.29, 0.717) is 0 Å². The highest BCUT2D eigenvalue weighted by atomic mass is 28.3. The van der Waals surface area contributed by atoms with Gasteiger partial charge in [-0.05, 0) is 12.0 Å². The van der Waals surface area contributed by atoms with Gasteiger partial charge in [-0.25, -0.2) is 0 Å². The number of unbranched alkanes of at least 4 members (excludes halogenated alkanes) is 2. The van der Waals surface area contributed by atoms with Gasteiger partial charge in [0.05, 0.1) is 8.07 Å². The summed E-state index contributed by atoms with van der Waals surface area (Å²) in [6, 6.07) is 10.0. The van der Waals surface area contributed by atoms with E-state index in [1.165, 1.54) is 12.8 Å². The molecular weight excluding hydrogens is 284 g/mol. The fourth-order valence-corrected chi connectivity index (χ4v) is 3.40. The molecule has 0 spiro atoms. The Kier molecular flexibility index (Phi) is 7.31. The zero-order valence-corrected chi connectivity index (χ0v) is 15.7. The van der Waals surface area contributed by atoms with Crippen molar-refractivity contribution < 1.29 is 5.11 Å². The Morgan fingerprint density at radius 1 is 1.18 bits per heavy atom. The van der Waals surface area contributed by atoms with Crippen LogP contribution in [0.25, 0.3) is 0 Å². The maximum atomic E-state index is 11.5. The lowest BCUT2D eigenvalue weighted by Crippen LogP contribution is -2.33. The summed E-state index contributed by atoms with van der Waals surface area (Å²) >= 11 is 0. The van der Waals surface area contributed by atoms with E-state index in [1.807, 2.05) is 42.5 Å². The van der Waals surface area contributed by atoms with Crippen molar-refractivity contribution in [3.8, 4) is 0 Å². The van der Waals surface area contributed by atoms with Gasteiger partial charge in [0.15, 0.2) is 0 Å². The number of rotatable bonds is 9. The Bertz CT molecular complexity index is 472. The Labute approximate surface area is 137 Å². The largest absolute Gasteiger partial charge is 0.380 e. The molecule has 0 fully saturated rings. The van der Waals surface area contributed by atoms with Gasteiger partial charge in [0.25, 0.3) is 0 Å². The average molecular weight is 317 g/mol. The minimum atomic E-state index is -1.37. The van der Waals surface area contributed by atoms with Gasteiger partial charge < -0.3 is 5.11 Å². The Balaban J connectivity index is 3.14. The second kappa shape index (κ2) is 8.49. The number of benzene rings is 1. The molecule has 1 unspecified atom stereocenters. The summed E-state index contributed by atoms with van der Waals surface area (Å²) in [6.07, 6.45) is 8.46. The van der Waals surface area contributed by atoms with Crippen molar-refractivity contribution in [2.45, 2.75) is 57.8 Å². The quantitative estimate of drug-likeness (QED) is 0.352. The molecule has 2 heteroatoms. The number of aliphatic hydroxyl groups is 1. The van der Waals surface area contributed by atoms with E-state index in [1.54, 1.807) is 0 Å². The second-order valence-corrected chi connectivity index (χ2v) is 12.3. The summed E-state index contributed by atoms with van der Waals surface area (Å²) in [5, 5.41) is 11.5. The van der Waals surface area contributed by atoms with Crippen molar-refractivity contribution >= 4 is 8.07 Å². The zero-order valence-electron chi connectivity index (χ0n) is 14.7. The first-order chi connectivity index (χ1) is 10.3. The summed E-state index contributed by atoms with van der Waals surface area (Å²) < 4.78 is 0. The minimum Gasteiger partial charge on any atom is -0.380 e. The van der Waals surface area contributed by atoms with Crippen LogP contribution >= 0.6 is 0 Å². The predicted molar refractivity (Wildman–Crippen MR) is 101 cm³/mol. The SMILES string of the molecule is C=CC(CCCCC)[C@@](O)(/C=C/[Si](C)(C)C)c1ccccc1. The van der Waals surface area contributed by atoms with Gasteiger partial charge in [-0.15, -0.1) is 6.58 Å². The average Bonchev–Trinajstić information content (AvgIpc) is 2.49. The van der Waals surface area contributed by atoms with E-state index >= 15 is 0 Å². The molecule has 1 N–H and O–H groups in total. The summed E-state index contributed by atoms with van der Waals surface area (Å²) in [4.78, 5) is 0. The Morgan fingerprint density at radius 2 is 1.82 bits per heavy atom. The molecule has 0 heterocycles. The molecule has 1 rings (SSSR count). The molecule has 1 aromatic carbocycles. The van der Waals surface area contributed by atoms with Crippen LogP contribution in [0.1, 0.15) is 38.2 Å². The van der Waals surface area contributed by atoms with E-state index in [9.17, 15) is 5.11 Å². The van der Waals surface area contributed by atoms with Gasteiger partial charge in [0.1, 0.15) is 5.60 Å². The topological polar surface area (TPSA) is 20.2 Å². The van der Waals surface area contributed by atoms with Crippen LogP contribution in [0.2, 0.25) is 19.6 Å². The fourth-order valence-electron chi connectivity index (χ4n) is 2.65. The summed E-state index contributed by atoms with van der Waals surface area (Å²) in [7, 11) is -1.37. The first kappa shape index (κ1) is 18.9. The van der Waals surface area contributed by atoms with Crippen molar-refractivity contribution in [1.82, 2.24) is 0 Å². The second-order valence-electron chi connectivity index (χ2n) is 7.23. The fraction of sp³-hybridized carbons (Fsp3) is 0.500. The van der Waals surface area contributed by atoms with Crippen molar-refractivity contribution in [3.05, 3.63) is 60.3 Å². The molecule has 0 bridgehead atoms.